The number of rotatable bonds is 8. The van der Waals surface area contributed by atoms with Gasteiger partial charge in [-0.15, -0.1) is 11.3 Å². The molecule has 1 fully saturated rings. The maximum atomic E-state index is 13.9. The highest BCUT2D eigenvalue weighted by atomic mass is 35.5. The minimum absolute atomic E-state index is 0.00118. The van der Waals surface area contributed by atoms with Gasteiger partial charge in [-0.05, 0) is 31.0 Å². The molecule has 4 rings (SSSR count). The average Bonchev–Trinajstić information content (AvgIpc) is 3.49. The van der Waals surface area contributed by atoms with Crippen molar-refractivity contribution in [2.75, 3.05) is 18.4 Å². The van der Waals surface area contributed by atoms with Crippen LogP contribution in [-0.4, -0.2) is 44.6 Å². The molecule has 0 unspecified atom stereocenters. The number of anilines is 1. The third-order valence-electron chi connectivity index (χ3n) is 6.00. The lowest BCUT2D eigenvalue weighted by atomic mass is 9.94. The quantitative estimate of drug-likeness (QED) is 0.363. The highest BCUT2D eigenvalue weighted by molar-refractivity contribution is 7.13. The van der Waals surface area contributed by atoms with Crippen molar-refractivity contribution >= 4 is 39.9 Å². The number of piperidine rings is 1. The molecule has 0 radical (unpaired) electrons. The van der Waals surface area contributed by atoms with Crippen LogP contribution in [0.5, 0.6) is 0 Å². The molecule has 1 aliphatic heterocycles. The van der Waals surface area contributed by atoms with Crippen LogP contribution in [0.3, 0.4) is 0 Å². The molecule has 14 heteroatoms. The summed E-state index contributed by atoms with van der Waals surface area (Å²) in [6.07, 6.45) is -5.23. The summed E-state index contributed by atoms with van der Waals surface area (Å²) in [5.74, 6) is -1.54. The van der Waals surface area contributed by atoms with Crippen molar-refractivity contribution in [3.8, 4) is 0 Å². The zero-order valence-electron chi connectivity index (χ0n) is 19.1. The van der Waals surface area contributed by atoms with Crippen molar-refractivity contribution in [1.82, 2.24) is 19.7 Å². The number of hydrogen-bond acceptors (Lipinski definition) is 5. The number of carbonyl (C=O) groups excluding carboxylic acids is 2. The van der Waals surface area contributed by atoms with Crippen LogP contribution in [0.4, 0.5) is 27.1 Å². The third kappa shape index (κ3) is 6.45. The second kappa shape index (κ2) is 11.5. The van der Waals surface area contributed by atoms with E-state index in [1.54, 1.807) is 5.38 Å². The van der Waals surface area contributed by atoms with Crippen LogP contribution in [0.25, 0.3) is 0 Å². The van der Waals surface area contributed by atoms with E-state index in [9.17, 15) is 31.5 Å². The van der Waals surface area contributed by atoms with Gasteiger partial charge in [0.15, 0.2) is 5.13 Å². The minimum atomic E-state index is -3.04. The van der Waals surface area contributed by atoms with Crippen LogP contribution in [0, 0.1) is 5.82 Å². The largest absolute Gasteiger partial charge is 0.341 e. The first kappa shape index (κ1) is 27.0. The molecule has 1 N–H and O–H groups in total. The Bertz CT molecular complexity index is 1260. The summed E-state index contributed by atoms with van der Waals surface area (Å²) in [5, 5.41) is 8.39. The molecule has 198 valence electrons. The first-order valence-corrected chi connectivity index (χ1v) is 12.5. The number of aromatic nitrogens is 3. The first-order valence-electron chi connectivity index (χ1n) is 11.2. The monoisotopic (exact) mass is 561 g/mol. The number of likely N-dealkylation sites (tertiary alicyclic amines) is 1. The van der Waals surface area contributed by atoms with Crippen LogP contribution >= 0.6 is 22.9 Å². The number of nitrogens with one attached hydrogen (secondary N) is 1. The van der Waals surface area contributed by atoms with Gasteiger partial charge < -0.3 is 10.2 Å². The van der Waals surface area contributed by atoms with E-state index in [2.05, 4.69) is 15.4 Å². The van der Waals surface area contributed by atoms with Gasteiger partial charge in [0.25, 0.3) is 12.9 Å². The van der Waals surface area contributed by atoms with Gasteiger partial charge in [-0.3, -0.25) is 14.3 Å². The molecule has 1 saturated heterocycles. The van der Waals surface area contributed by atoms with E-state index in [1.807, 2.05) is 0 Å². The molecule has 7 nitrogen and oxygen atoms in total. The van der Waals surface area contributed by atoms with Crippen molar-refractivity contribution in [3.05, 3.63) is 63.1 Å². The number of thiazole rings is 1. The summed E-state index contributed by atoms with van der Waals surface area (Å²) in [4.78, 5) is 30.9. The first-order chi connectivity index (χ1) is 17.6. The summed E-state index contributed by atoms with van der Waals surface area (Å²) >= 11 is 7.18. The predicted molar refractivity (Wildman–Crippen MR) is 127 cm³/mol. The lowest BCUT2D eigenvalue weighted by molar-refractivity contribution is -0.133. The maximum absolute atomic E-state index is 13.9. The van der Waals surface area contributed by atoms with E-state index in [0.29, 0.717) is 41.8 Å². The fraction of sp³-hybridized carbons (Fsp3) is 0.391. The summed E-state index contributed by atoms with van der Waals surface area (Å²) < 4.78 is 66.6. The maximum Gasteiger partial charge on any atom is 0.282 e. The minimum Gasteiger partial charge on any atom is -0.341 e. The number of alkyl halides is 4. The molecule has 0 spiro atoms. The fourth-order valence-electron chi connectivity index (χ4n) is 4.07. The Morgan fingerprint density at radius 3 is 2.54 bits per heavy atom. The zero-order chi connectivity index (χ0) is 26.7. The van der Waals surface area contributed by atoms with Crippen molar-refractivity contribution in [2.45, 2.75) is 44.6 Å². The number of carbonyl (C=O) groups is 2. The SMILES string of the molecule is O=C(Cc1c(F)cccc1Cl)Nc1nc(C2CCN(C(=O)Cn3nc(C(F)F)cc3C(F)F)CC2)cs1. The van der Waals surface area contributed by atoms with E-state index in [0.717, 1.165) is 5.69 Å². The van der Waals surface area contributed by atoms with Gasteiger partial charge in [0.2, 0.25) is 11.8 Å². The second-order valence-electron chi connectivity index (χ2n) is 8.41. The lowest BCUT2D eigenvalue weighted by Crippen LogP contribution is -2.40. The Morgan fingerprint density at radius 2 is 1.89 bits per heavy atom. The molecular formula is C23H21ClF5N5O2S. The third-order valence-corrected chi connectivity index (χ3v) is 7.13. The molecule has 3 heterocycles. The van der Waals surface area contributed by atoms with Gasteiger partial charge in [0, 0.05) is 35.0 Å². The van der Waals surface area contributed by atoms with E-state index in [4.69, 9.17) is 11.6 Å². The Labute approximate surface area is 217 Å². The van der Waals surface area contributed by atoms with Gasteiger partial charge >= 0.3 is 0 Å². The van der Waals surface area contributed by atoms with Crippen molar-refractivity contribution in [3.63, 3.8) is 0 Å². The van der Waals surface area contributed by atoms with E-state index < -0.39 is 48.4 Å². The molecule has 1 aliphatic rings. The molecule has 0 bridgehead atoms. The van der Waals surface area contributed by atoms with Crippen LogP contribution in [-0.2, 0) is 22.6 Å². The standard InChI is InChI=1S/C23H21ClF5N5O2S/c24-14-2-1-3-15(25)13(14)8-19(35)31-23-30-17(11-37-23)12-4-6-33(7-5-12)20(36)10-34-18(22(28)29)9-16(32-34)21(26)27/h1-3,9,11-12,21-22H,4-8,10H2,(H,30,31,35). The summed E-state index contributed by atoms with van der Waals surface area (Å²) in [6.45, 7) is 0.0823. The molecule has 1 aromatic carbocycles. The Balaban J connectivity index is 1.31. The summed E-state index contributed by atoms with van der Waals surface area (Å²) in [6, 6.07) is 4.78. The van der Waals surface area contributed by atoms with Gasteiger partial charge in [-0.1, -0.05) is 17.7 Å². The van der Waals surface area contributed by atoms with Crippen LogP contribution in [0.1, 0.15) is 54.3 Å². The zero-order valence-corrected chi connectivity index (χ0v) is 20.7. The molecule has 0 saturated carbocycles. The normalized spacial score (nSPS) is 14.5. The number of hydrogen-bond donors (Lipinski definition) is 1. The molecule has 0 atom stereocenters. The van der Waals surface area contributed by atoms with Crippen LogP contribution in [0.2, 0.25) is 5.02 Å². The number of nitrogens with zero attached hydrogens (tertiary/aromatic N) is 4. The Kier molecular flexibility index (Phi) is 8.42. The van der Waals surface area contributed by atoms with E-state index >= 15 is 0 Å². The highest BCUT2D eigenvalue weighted by Crippen LogP contribution is 2.31. The smallest absolute Gasteiger partial charge is 0.282 e. The predicted octanol–water partition coefficient (Wildman–Crippen LogP) is 5.59. The Hall–Kier alpha value is -3.06. The molecule has 37 heavy (non-hydrogen) atoms. The van der Waals surface area contributed by atoms with Gasteiger partial charge in [0.05, 0.1) is 12.1 Å². The molecular weight excluding hydrogens is 541 g/mol. The number of benzene rings is 1. The lowest BCUT2D eigenvalue weighted by Gasteiger charge is -2.31. The number of halogens is 6. The topological polar surface area (TPSA) is 80.1 Å². The summed E-state index contributed by atoms with van der Waals surface area (Å²) in [7, 11) is 0. The molecule has 2 aromatic heterocycles. The van der Waals surface area contributed by atoms with Crippen molar-refractivity contribution < 1.29 is 31.5 Å². The van der Waals surface area contributed by atoms with E-state index in [-0.39, 0.29) is 22.9 Å². The van der Waals surface area contributed by atoms with Gasteiger partial charge in [-0.2, -0.15) is 5.10 Å². The van der Waals surface area contributed by atoms with E-state index in [1.165, 1.54) is 34.4 Å². The van der Waals surface area contributed by atoms with Crippen molar-refractivity contribution in [2.24, 2.45) is 0 Å². The summed E-state index contributed by atoms with van der Waals surface area (Å²) in [5.41, 5.74) is -0.709. The van der Waals surface area contributed by atoms with Crippen LogP contribution in [0.15, 0.2) is 29.6 Å². The highest BCUT2D eigenvalue weighted by Gasteiger charge is 2.28. The van der Waals surface area contributed by atoms with Gasteiger partial charge in [-0.25, -0.2) is 26.9 Å². The van der Waals surface area contributed by atoms with Crippen LogP contribution < -0.4 is 5.32 Å². The van der Waals surface area contributed by atoms with Crippen molar-refractivity contribution in [1.29, 1.82) is 0 Å². The molecule has 0 aliphatic carbocycles. The number of amides is 2. The molecule has 3 aromatic rings. The van der Waals surface area contributed by atoms with Gasteiger partial charge in [0.1, 0.15) is 23.7 Å². The second-order valence-corrected chi connectivity index (χ2v) is 9.68. The fourth-order valence-corrected chi connectivity index (χ4v) is 5.11. The average molecular weight is 562 g/mol. The Morgan fingerprint density at radius 1 is 1.16 bits per heavy atom. The molecule has 2 amide bonds.